The zero-order chi connectivity index (χ0) is 20.3. The summed E-state index contributed by atoms with van der Waals surface area (Å²) >= 11 is 6.25. The summed E-state index contributed by atoms with van der Waals surface area (Å²) in [6.07, 6.45) is 1.81. The zero-order valence-corrected chi connectivity index (χ0v) is 15.8. The lowest BCUT2D eigenvalue weighted by atomic mass is 10.1. The molecule has 0 bridgehead atoms. The van der Waals surface area contributed by atoms with Crippen molar-refractivity contribution in [1.29, 1.82) is 0 Å². The third-order valence-electron chi connectivity index (χ3n) is 4.88. The number of benzene rings is 1. The van der Waals surface area contributed by atoms with Gasteiger partial charge in [0.2, 0.25) is 5.95 Å². The third-order valence-corrected chi connectivity index (χ3v) is 5.17. The highest BCUT2D eigenvalue weighted by Gasteiger charge is 2.41. The van der Waals surface area contributed by atoms with Crippen molar-refractivity contribution in [2.75, 3.05) is 17.7 Å². The predicted octanol–water partition coefficient (Wildman–Crippen LogP) is 0.889. The van der Waals surface area contributed by atoms with Crippen LogP contribution in [0.25, 0.3) is 12.2 Å². The summed E-state index contributed by atoms with van der Waals surface area (Å²) in [4.78, 5) is 8.15. The number of nitrogen functional groups attached to an aromatic ring is 1. The van der Waals surface area contributed by atoms with Crippen molar-refractivity contribution in [2.45, 2.75) is 31.3 Å². The molecule has 1 aliphatic carbocycles. The van der Waals surface area contributed by atoms with Crippen molar-refractivity contribution in [3.8, 4) is 0 Å². The number of rotatable bonds is 6. The van der Waals surface area contributed by atoms with Crippen molar-refractivity contribution in [3.05, 3.63) is 46.1 Å². The molecule has 1 aromatic heterocycles. The lowest BCUT2D eigenvalue weighted by Gasteiger charge is -2.20. The van der Waals surface area contributed by atoms with Gasteiger partial charge in [0.25, 0.3) is 0 Å². The summed E-state index contributed by atoms with van der Waals surface area (Å²) in [6, 6.07) is 6.80. The number of halogens is 1. The highest BCUT2D eigenvalue weighted by molar-refractivity contribution is 6.31. The van der Waals surface area contributed by atoms with Crippen molar-refractivity contribution < 1.29 is 20.4 Å². The third kappa shape index (κ3) is 4.43. The first-order valence-electron chi connectivity index (χ1n) is 8.87. The summed E-state index contributed by atoms with van der Waals surface area (Å²) in [5.41, 5.74) is 7.88. The monoisotopic (exact) mass is 406 g/mol. The van der Waals surface area contributed by atoms with Gasteiger partial charge >= 0.3 is 0 Å². The molecule has 7 N–H and O–H groups in total. The second kappa shape index (κ2) is 8.85. The molecule has 1 fully saturated rings. The number of aromatic nitrogens is 2. The van der Waals surface area contributed by atoms with Gasteiger partial charge < -0.3 is 31.5 Å². The molecule has 1 aromatic carbocycles. The van der Waals surface area contributed by atoms with Crippen LogP contribution in [0.1, 0.15) is 23.1 Å². The smallest absolute Gasteiger partial charge is 0.223 e. The predicted molar refractivity (Wildman–Crippen MR) is 107 cm³/mol. The first kappa shape index (κ1) is 20.5. The normalized spacial score (nSPS) is 24.8. The van der Waals surface area contributed by atoms with E-state index in [-0.39, 0.29) is 24.3 Å². The Bertz CT molecular complexity index is 847. The maximum Gasteiger partial charge on any atom is 0.223 e. The van der Waals surface area contributed by atoms with Gasteiger partial charge in [-0.1, -0.05) is 41.9 Å². The van der Waals surface area contributed by atoms with Crippen LogP contribution >= 0.6 is 11.6 Å². The van der Waals surface area contributed by atoms with E-state index in [9.17, 15) is 15.3 Å². The minimum absolute atomic E-state index is 0.0244. The van der Waals surface area contributed by atoms with E-state index >= 15 is 0 Å². The van der Waals surface area contributed by atoms with Gasteiger partial charge in [0.05, 0.1) is 24.3 Å². The van der Waals surface area contributed by atoms with Crippen LogP contribution in [0.4, 0.5) is 11.8 Å². The molecule has 4 atom stereocenters. The SMILES string of the molecule is Nc1nc(Cl)c(/C=C/c2ccc(CO)cc2)c(N[C@@H]2C[C@H](CO)[C@@H](O)[C@H]2O)n1. The van der Waals surface area contributed by atoms with Crippen LogP contribution in [0.15, 0.2) is 24.3 Å². The first-order chi connectivity index (χ1) is 13.4. The minimum atomic E-state index is -1.06. The molecule has 0 saturated heterocycles. The van der Waals surface area contributed by atoms with Crippen molar-refractivity contribution in [1.82, 2.24) is 9.97 Å². The largest absolute Gasteiger partial charge is 0.396 e. The summed E-state index contributed by atoms with van der Waals surface area (Å²) < 4.78 is 0. The van der Waals surface area contributed by atoms with Crippen LogP contribution in [0.3, 0.4) is 0 Å². The van der Waals surface area contributed by atoms with Gasteiger partial charge in [-0.15, -0.1) is 0 Å². The molecular formula is C19H23ClN4O4. The molecule has 1 aliphatic rings. The molecule has 0 unspecified atom stereocenters. The van der Waals surface area contributed by atoms with Gasteiger partial charge in [-0.3, -0.25) is 0 Å². The van der Waals surface area contributed by atoms with E-state index < -0.39 is 24.2 Å². The zero-order valence-electron chi connectivity index (χ0n) is 15.0. The second-order valence-electron chi connectivity index (χ2n) is 6.78. The van der Waals surface area contributed by atoms with Crippen LogP contribution in [0.2, 0.25) is 5.15 Å². The Balaban J connectivity index is 1.86. The lowest BCUT2D eigenvalue weighted by Crippen LogP contribution is -2.35. The second-order valence-corrected chi connectivity index (χ2v) is 7.14. The first-order valence-corrected chi connectivity index (χ1v) is 9.25. The van der Waals surface area contributed by atoms with E-state index in [0.29, 0.717) is 17.8 Å². The van der Waals surface area contributed by atoms with Crippen LogP contribution in [0.5, 0.6) is 0 Å². The molecular weight excluding hydrogens is 384 g/mol. The molecule has 1 heterocycles. The maximum absolute atomic E-state index is 10.2. The van der Waals surface area contributed by atoms with Gasteiger partial charge in [-0.25, -0.2) is 4.98 Å². The molecule has 2 aromatic rings. The number of nitrogens with one attached hydrogen (secondary N) is 1. The molecule has 3 rings (SSSR count). The number of aliphatic hydroxyl groups is 4. The van der Waals surface area contributed by atoms with Crippen molar-refractivity contribution in [2.24, 2.45) is 5.92 Å². The quantitative estimate of drug-likeness (QED) is 0.388. The number of aliphatic hydroxyl groups excluding tert-OH is 4. The molecule has 9 heteroatoms. The van der Waals surface area contributed by atoms with Gasteiger partial charge in [-0.05, 0) is 23.6 Å². The van der Waals surface area contributed by atoms with E-state index in [2.05, 4.69) is 15.3 Å². The van der Waals surface area contributed by atoms with Gasteiger partial charge in [0.1, 0.15) is 17.1 Å². The molecule has 1 saturated carbocycles. The highest BCUT2D eigenvalue weighted by Crippen LogP contribution is 2.31. The van der Waals surface area contributed by atoms with Crippen molar-refractivity contribution in [3.63, 3.8) is 0 Å². The van der Waals surface area contributed by atoms with Gasteiger partial charge in [0.15, 0.2) is 0 Å². The number of hydrogen-bond donors (Lipinski definition) is 6. The van der Waals surface area contributed by atoms with Gasteiger partial charge in [-0.2, -0.15) is 4.98 Å². The Morgan fingerprint density at radius 3 is 2.43 bits per heavy atom. The number of hydrogen-bond acceptors (Lipinski definition) is 8. The molecule has 0 radical (unpaired) electrons. The number of nitrogens with zero attached hydrogens (tertiary/aromatic N) is 2. The fourth-order valence-electron chi connectivity index (χ4n) is 3.25. The van der Waals surface area contributed by atoms with Crippen LogP contribution in [0, 0.1) is 5.92 Å². The van der Waals surface area contributed by atoms with E-state index in [1.165, 1.54) is 0 Å². The van der Waals surface area contributed by atoms with E-state index in [1.54, 1.807) is 6.08 Å². The van der Waals surface area contributed by atoms with E-state index in [4.69, 9.17) is 22.4 Å². The summed E-state index contributed by atoms with van der Waals surface area (Å²) in [7, 11) is 0. The molecule has 0 spiro atoms. The molecule has 0 aliphatic heterocycles. The van der Waals surface area contributed by atoms with Crippen molar-refractivity contribution >= 4 is 35.5 Å². The lowest BCUT2D eigenvalue weighted by molar-refractivity contribution is 0.00445. The number of anilines is 2. The van der Waals surface area contributed by atoms with E-state index in [1.807, 2.05) is 30.3 Å². The van der Waals surface area contributed by atoms with Crippen LogP contribution < -0.4 is 11.1 Å². The Morgan fingerprint density at radius 2 is 1.82 bits per heavy atom. The molecule has 8 nitrogen and oxygen atoms in total. The average Bonchev–Trinajstić information content (AvgIpc) is 2.95. The van der Waals surface area contributed by atoms with E-state index in [0.717, 1.165) is 11.1 Å². The van der Waals surface area contributed by atoms with Gasteiger partial charge in [0, 0.05) is 12.5 Å². The summed E-state index contributed by atoms with van der Waals surface area (Å²) in [6.45, 7) is -0.250. The Morgan fingerprint density at radius 1 is 1.11 bits per heavy atom. The topological polar surface area (TPSA) is 145 Å². The Labute approximate surface area is 167 Å². The Hall–Kier alpha value is -2.23. The summed E-state index contributed by atoms with van der Waals surface area (Å²) in [5, 5.41) is 41.9. The van der Waals surface area contributed by atoms with Crippen LogP contribution in [-0.4, -0.2) is 55.3 Å². The fourth-order valence-corrected chi connectivity index (χ4v) is 3.49. The summed E-state index contributed by atoms with van der Waals surface area (Å²) in [5.74, 6) is -0.120. The molecule has 28 heavy (non-hydrogen) atoms. The standard InChI is InChI=1S/C19H23ClN4O4/c20-17-13(6-5-10-1-3-11(8-25)4-2-10)18(24-19(21)23-17)22-14-7-12(9-26)15(27)16(14)28/h1-6,12,14-16,25-28H,7-9H2,(H3,21,22,23,24)/b6-5+/t12-,14-,15-,16+/m1/s1. The fraction of sp³-hybridized carbons (Fsp3) is 0.368. The Kier molecular flexibility index (Phi) is 6.48. The van der Waals surface area contributed by atoms with Crippen LogP contribution in [-0.2, 0) is 6.61 Å². The highest BCUT2D eigenvalue weighted by atomic mass is 35.5. The maximum atomic E-state index is 10.2. The molecule has 0 amide bonds. The minimum Gasteiger partial charge on any atom is -0.396 e. The average molecular weight is 407 g/mol. The molecule has 150 valence electrons. The number of nitrogens with two attached hydrogens (primary N) is 1.